The average molecular weight is 911 g/mol. The topological polar surface area (TPSA) is 227 Å². The number of piperazine rings is 1. The van der Waals surface area contributed by atoms with Gasteiger partial charge in [0.25, 0.3) is 11.8 Å². The van der Waals surface area contributed by atoms with E-state index in [0.717, 1.165) is 27.0 Å². The molecule has 3 aliphatic rings. The van der Waals surface area contributed by atoms with Crippen molar-refractivity contribution in [2.24, 2.45) is 0 Å². The zero-order chi connectivity index (χ0) is 46.2. The molecule has 3 aromatic heterocycles. The van der Waals surface area contributed by atoms with Gasteiger partial charge in [0.1, 0.15) is 17.5 Å². The number of aromatic amines is 1. The molecule has 18 nitrogen and oxygen atoms in total. The van der Waals surface area contributed by atoms with Crippen molar-refractivity contribution >= 4 is 67.9 Å². The van der Waals surface area contributed by atoms with Crippen LogP contribution in [0, 0.1) is 11.6 Å². The summed E-state index contributed by atoms with van der Waals surface area (Å²) < 4.78 is 58.7. The number of imide groups is 2. The first-order valence-electron chi connectivity index (χ1n) is 20.9. The quantitative estimate of drug-likeness (QED) is 0.0671. The first kappa shape index (κ1) is 44.6. The van der Waals surface area contributed by atoms with E-state index in [4.69, 9.17) is 0 Å². The summed E-state index contributed by atoms with van der Waals surface area (Å²) in [6, 6.07) is 10.9. The Balaban J connectivity index is 0.830. The number of amides is 5. The number of ketones is 1. The number of hydrogen-bond donors (Lipinski definition) is 4. The van der Waals surface area contributed by atoms with Gasteiger partial charge in [-0.25, -0.2) is 13.8 Å². The van der Waals surface area contributed by atoms with Crippen LogP contribution in [-0.2, 0) is 31.1 Å². The van der Waals surface area contributed by atoms with Gasteiger partial charge < -0.3 is 15.2 Å². The van der Waals surface area contributed by atoms with Crippen LogP contribution in [0.25, 0.3) is 22.2 Å². The number of piperidine rings is 1. The second kappa shape index (κ2) is 18.3. The maximum atomic E-state index is 15.6. The van der Waals surface area contributed by atoms with Crippen molar-refractivity contribution < 1.29 is 46.0 Å². The van der Waals surface area contributed by atoms with Gasteiger partial charge in [0.2, 0.25) is 23.5 Å². The number of pyridine rings is 2. The van der Waals surface area contributed by atoms with Crippen LogP contribution in [0.2, 0.25) is 0 Å². The fraction of sp³-hybridized carbons (Fsp3) is 0.318. The van der Waals surface area contributed by atoms with E-state index in [0.29, 0.717) is 73.5 Å². The van der Waals surface area contributed by atoms with Crippen molar-refractivity contribution in [3.63, 3.8) is 0 Å². The van der Waals surface area contributed by atoms with Gasteiger partial charge in [0, 0.05) is 112 Å². The molecule has 2 saturated heterocycles. The molecule has 0 aliphatic carbocycles. The Morgan fingerprint density at radius 3 is 2.43 bits per heavy atom. The number of carbonyl (C=O) groups excluding carboxylic acids is 6. The number of fused-ring (bicyclic) bond motifs is 2. The van der Waals surface area contributed by atoms with Crippen LogP contribution < -0.4 is 15.4 Å². The van der Waals surface area contributed by atoms with E-state index in [2.05, 4.69) is 35.2 Å². The number of aromatic nitrogens is 3. The molecule has 1 atom stereocenters. The highest BCUT2D eigenvalue weighted by atomic mass is 32.2. The first-order valence-corrected chi connectivity index (χ1v) is 22.4. The molecule has 8 rings (SSSR count). The molecule has 0 spiro atoms. The minimum atomic E-state index is -4.16. The monoisotopic (exact) mass is 910 g/mol. The van der Waals surface area contributed by atoms with Crippen molar-refractivity contribution in [1.29, 1.82) is 0 Å². The summed E-state index contributed by atoms with van der Waals surface area (Å²) in [7, 11) is -2.87. The fourth-order valence-corrected chi connectivity index (χ4v) is 9.00. The lowest BCUT2D eigenvalue weighted by molar-refractivity contribution is -0.136. The van der Waals surface area contributed by atoms with Gasteiger partial charge in [-0.2, -0.15) is 12.7 Å². The van der Waals surface area contributed by atoms with Crippen molar-refractivity contribution in [2.45, 2.75) is 45.2 Å². The van der Waals surface area contributed by atoms with Crippen LogP contribution in [0.15, 0.2) is 67.1 Å². The molecule has 21 heteroatoms. The lowest BCUT2D eigenvalue weighted by Crippen LogP contribution is -2.54. The summed E-state index contributed by atoms with van der Waals surface area (Å²) in [5.74, 6) is -5.85. The van der Waals surface area contributed by atoms with Gasteiger partial charge in [-0.3, -0.25) is 53.6 Å². The number of anilines is 2. The predicted molar refractivity (Wildman–Crippen MR) is 233 cm³/mol. The van der Waals surface area contributed by atoms with Crippen LogP contribution in [0.1, 0.15) is 74.9 Å². The number of carbonyl (C=O) groups is 6. The minimum Gasteiger partial charge on any atom is -0.384 e. The van der Waals surface area contributed by atoms with Crippen LogP contribution in [0.4, 0.5) is 20.2 Å². The maximum Gasteiger partial charge on any atom is 0.301 e. The predicted octanol–water partition coefficient (Wildman–Crippen LogP) is 3.68. The SMILES string of the molecule is CCN(C)S(=O)(=O)Nc1ccc(F)c(C(=O)c2c[nH]c3ncc(-c4ccc(CN5CCN(C(=O)CCCNc6cccc7c6C(=O)N(C6CCC(=O)NC6=O)C7=O)CC5)nc4)cc23)c1F. The molecule has 4 N–H and O–H groups in total. The van der Waals surface area contributed by atoms with E-state index in [1.54, 1.807) is 37.5 Å². The number of benzene rings is 2. The summed E-state index contributed by atoms with van der Waals surface area (Å²) in [4.78, 5) is 94.1. The van der Waals surface area contributed by atoms with Gasteiger partial charge in [-0.1, -0.05) is 19.1 Å². The Bertz CT molecular complexity index is 2870. The summed E-state index contributed by atoms with van der Waals surface area (Å²) in [6.07, 6.45) is 5.35. The van der Waals surface area contributed by atoms with Crippen molar-refractivity contribution in [1.82, 2.24) is 39.3 Å². The van der Waals surface area contributed by atoms with Crippen LogP contribution in [0.5, 0.6) is 0 Å². The lowest BCUT2D eigenvalue weighted by Gasteiger charge is -2.34. The molecule has 338 valence electrons. The van der Waals surface area contributed by atoms with E-state index in [1.807, 2.05) is 17.0 Å². The van der Waals surface area contributed by atoms with E-state index >= 15 is 8.78 Å². The standard InChI is InChI=1S/C44H44F2N10O8S/c1-3-53(2)65(63,64)52-33-12-11-31(45)38(39(33)46)40(59)30-23-50-41-29(30)20-26(22-49-41)25-9-10-27(48-21-25)24-54-16-18-55(19-17-54)36(58)8-5-15-47-32-7-4-6-28-37(32)44(62)56(43(28)61)34-13-14-35(57)51-42(34)60/h4,6-7,9-12,20-23,34,47,52H,3,5,8,13-19,24H2,1-2H3,(H,49,50)(H,51,57,60). The minimum absolute atomic E-state index is 0.00736. The van der Waals surface area contributed by atoms with Crippen molar-refractivity contribution in [2.75, 3.05) is 56.4 Å². The van der Waals surface area contributed by atoms with Gasteiger partial charge >= 0.3 is 10.2 Å². The summed E-state index contributed by atoms with van der Waals surface area (Å²) >= 11 is 0. The maximum absolute atomic E-state index is 15.6. The molecule has 65 heavy (non-hydrogen) atoms. The highest BCUT2D eigenvalue weighted by Gasteiger charge is 2.45. The molecule has 0 bridgehead atoms. The zero-order valence-corrected chi connectivity index (χ0v) is 36.1. The van der Waals surface area contributed by atoms with Crippen molar-refractivity contribution in [3.8, 4) is 11.1 Å². The lowest BCUT2D eigenvalue weighted by atomic mass is 10.00. The molecule has 5 amide bonds. The summed E-state index contributed by atoms with van der Waals surface area (Å²) in [5, 5.41) is 5.66. The van der Waals surface area contributed by atoms with Crippen molar-refractivity contribution in [3.05, 3.63) is 107 Å². The zero-order valence-electron chi connectivity index (χ0n) is 35.3. The molecule has 6 heterocycles. The highest BCUT2D eigenvalue weighted by Crippen LogP contribution is 2.33. The van der Waals surface area contributed by atoms with E-state index in [9.17, 15) is 37.2 Å². The molecule has 2 aromatic carbocycles. The van der Waals surface area contributed by atoms with Gasteiger partial charge in [0.15, 0.2) is 5.82 Å². The number of nitrogens with zero attached hydrogens (tertiary/aromatic N) is 6. The fourth-order valence-electron chi connectivity index (χ4n) is 8.07. The molecule has 3 aliphatic heterocycles. The second-order valence-electron chi connectivity index (χ2n) is 15.9. The molecular formula is C44H44F2N10O8S. The van der Waals surface area contributed by atoms with Gasteiger partial charge in [-0.05, 0) is 49.2 Å². The number of halogens is 2. The Morgan fingerprint density at radius 1 is 0.938 bits per heavy atom. The Morgan fingerprint density at radius 2 is 1.71 bits per heavy atom. The third kappa shape index (κ3) is 8.93. The largest absolute Gasteiger partial charge is 0.384 e. The average Bonchev–Trinajstić information content (AvgIpc) is 3.83. The smallest absolute Gasteiger partial charge is 0.301 e. The third-order valence-electron chi connectivity index (χ3n) is 11.8. The van der Waals surface area contributed by atoms with Crippen LogP contribution in [0.3, 0.4) is 0 Å². The molecule has 0 saturated carbocycles. The highest BCUT2D eigenvalue weighted by molar-refractivity contribution is 7.90. The number of nitrogens with one attached hydrogen (secondary N) is 4. The van der Waals surface area contributed by atoms with E-state index in [1.165, 1.54) is 19.3 Å². The van der Waals surface area contributed by atoms with Gasteiger partial charge in [-0.15, -0.1) is 0 Å². The molecular weight excluding hydrogens is 867 g/mol. The second-order valence-corrected chi connectivity index (χ2v) is 17.6. The normalized spacial score (nSPS) is 16.9. The van der Waals surface area contributed by atoms with Crippen LogP contribution in [-0.4, -0.2) is 130 Å². The Labute approximate surface area is 371 Å². The van der Waals surface area contributed by atoms with E-state index < -0.39 is 68.5 Å². The first-order chi connectivity index (χ1) is 31.1. The number of rotatable bonds is 15. The molecule has 2 fully saturated rings. The van der Waals surface area contributed by atoms with E-state index in [-0.39, 0.29) is 48.4 Å². The third-order valence-corrected chi connectivity index (χ3v) is 13.4. The summed E-state index contributed by atoms with van der Waals surface area (Å²) in [5.41, 5.74) is 1.55. The van der Waals surface area contributed by atoms with Crippen LogP contribution >= 0.6 is 0 Å². The molecule has 1 unspecified atom stereocenters. The molecule has 0 radical (unpaired) electrons. The Kier molecular flexibility index (Phi) is 12.5. The number of hydrogen-bond acceptors (Lipinski definition) is 12. The van der Waals surface area contributed by atoms with Gasteiger partial charge in [0.05, 0.1) is 28.1 Å². The summed E-state index contributed by atoms with van der Waals surface area (Å²) in [6.45, 7) is 4.87. The number of H-pyrrole nitrogens is 1. The Hall–Kier alpha value is -6.97. The molecule has 5 aromatic rings.